The van der Waals surface area contributed by atoms with Crippen LogP contribution < -0.4 is 4.72 Å². The van der Waals surface area contributed by atoms with Crippen LogP contribution in [-0.4, -0.2) is 19.9 Å². The van der Waals surface area contributed by atoms with Crippen LogP contribution in [0.15, 0.2) is 33.5 Å². The van der Waals surface area contributed by atoms with Gasteiger partial charge in [-0.3, -0.25) is 0 Å². The molecule has 1 aromatic heterocycles. The number of rotatable bonds is 6. The summed E-state index contributed by atoms with van der Waals surface area (Å²) in [4.78, 5) is 9.79. The molecule has 10 nitrogen and oxygen atoms in total. The first-order valence-electron chi connectivity index (χ1n) is 8.48. The van der Waals surface area contributed by atoms with Gasteiger partial charge in [-0.1, -0.05) is 35.7 Å². The predicted octanol–water partition coefficient (Wildman–Crippen LogP) is 4.93. The molecule has 3 rings (SSSR count). The van der Waals surface area contributed by atoms with Gasteiger partial charge in [-0.05, 0) is 46.7 Å². The van der Waals surface area contributed by atoms with Gasteiger partial charge in [0, 0.05) is 33.3 Å². The highest BCUT2D eigenvalue weighted by Crippen LogP contribution is 2.48. The van der Waals surface area contributed by atoms with E-state index in [0.717, 1.165) is 0 Å². The smallest absolute Gasteiger partial charge is 0.241 e. The fraction of sp³-hybridized carbons (Fsp3) is 0.438. The topological polar surface area (TPSA) is 157 Å². The van der Waals surface area contributed by atoms with E-state index in [9.17, 15) is 8.42 Å². The fourth-order valence-corrected chi connectivity index (χ4v) is 4.93. The summed E-state index contributed by atoms with van der Waals surface area (Å²) in [7, 11) is -3.86. The number of sulfonamides is 1. The van der Waals surface area contributed by atoms with Gasteiger partial charge in [0.2, 0.25) is 10.0 Å². The maximum atomic E-state index is 13.0. The molecule has 1 aliphatic carbocycles. The summed E-state index contributed by atoms with van der Waals surface area (Å²) >= 11 is 6.02. The Morgan fingerprint density at radius 2 is 1.93 bits per heavy atom. The number of benzene rings is 1. The standard InChI is InChI=1S/C16H17ClN8O2S/c1-8(2)6-21-28(26,27)14-3-10-12(22-24-18)5-13(23-25-19)16(10)11-7-20-15(17)4-9(11)14/h3-4,7-8,12-13,21H,5-6H2,1-2H3/t12-,13+/m1/s1. The van der Waals surface area contributed by atoms with Gasteiger partial charge in [-0.25, -0.2) is 18.1 Å². The molecule has 0 amide bonds. The molecule has 1 N–H and O–H groups in total. The largest absolute Gasteiger partial charge is 0.244 e. The number of hydrogen-bond donors (Lipinski definition) is 1. The molecule has 1 aromatic carbocycles. The van der Waals surface area contributed by atoms with Crippen molar-refractivity contribution in [3.05, 3.63) is 55.5 Å². The number of halogens is 1. The Morgan fingerprint density at radius 1 is 1.25 bits per heavy atom. The minimum atomic E-state index is -3.86. The van der Waals surface area contributed by atoms with Crippen molar-refractivity contribution in [2.75, 3.05) is 6.54 Å². The zero-order valence-corrected chi connectivity index (χ0v) is 16.7. The zero-order chi connectivity index (χ0) is 20.5. The average Bonchev–Trinajstić information content (AvgIpc) is 2.97. The molecule has 1 aliphatic rings. The molecule has 0 aliphatic heterocycles. The van der Waals surface area contributed by atoms with Gasteiger partial charge in [0.1, 0.15) is 5.15 Å². The molecule has 12 heteroatoms. The van der Waals surface area contributed by atoms with E-state index in [2.05, 4.69) is 29.8 Å². The van der Waals surface area contributed by atoms with Crippen LogP contribution in [-0.2, 0) is 10.0 Å². The quantitative estimate of drug-likeness (QED) is 0.304. The highest BCUT2D eigenvalue weighted by molar-refractivity contribution is 7.89. The molecular weight excluding hydrogens is 404 g/mol. The van der Waals surface area contributed by atoms with Crippen LogP contribution in [0.4, 0.5) is 0 Å². The van der Waals surface area contributed by atoms with Crippen molar-refractivity contribution in [1.82, 2.24) is 9.71 Å². The number of nitrogens with one attached hydrogen (secondary N) is 1. The Bertz CT molecular complexity index is 1140. The van der Waals surface area contributed by atoms with E-state index >= 15 is 0 Å². The number of aromatic nitrogens is 1. The summed E-state index contributed by atoms with van der Waals surface area (Å²) in [5.41, 5.74) is 18.9. The number of nitrogens with zero attached hydrogens (tertiary/aromatic N) is 7. The van der Waals surface area contributed by atoms with Gasteiger partial charge < -0.3 is 0 Å². The molecule has 0 bridgehead atoms. The summed E-state index contributed by atoms with van der Waals surface area (Å²) in [5.74, 6) is 0.117. The molecule has 2 aromatic rings. The lowest BCUT2D eigenvalue weighted by atomic mass is 10.0. The lowest BCUT2D eigenvalue weighted by Crippen LogP contribution is -2.28. The van der Waals surface area contributed by atoms with E-state index in [-0.39, 0.29) is 28.9 Å². The minimum absolute atomic E-state index is 0.0194. The average molecular weight is 421 g/mol. The van der Waals surface area contributed by atoms with Crippen LogP contribution in [0.5, 0.6) is 0 Å². The van der Waals surface area contributed by atoms with Crippen LogP contribution in [0, 0.1) is 5.92 Å². The van der Waals surface area contributed by atoms with Crippen molar-refractivity contribution in [2.45, 2.75) is 37.2 Å². The molecule has 0 saturated carbocycles. The van der Waals surface area contributed by atoms with Crippen LogP contribution in [0.3, 0.4) is 0 Å². The fourth-order valence-electron chi connectivity index (χ4n) is 3.32. The molecule has 0 radical (unpaired) electrons. The van der Waals surface area contributed by atoms with Gasteiger partial charge in [0.05, 0.1) is 17.0 Å². The van der Waals surface area contributed by atoms with Gasteiger partial charge in [0.25, 0.3) is 0 Å². The number of azide groups is 2. The Balaban J connectivity index is 2.34. The Labute approximate surface area is 166 Å². The molecule has 2 atom stereocenters. The summed E-state index contributed by atoms with van der Waals surface area (Å²) in [6.07, 6.45) is 1.71. The molecule has 0 saturated heterocycles. The number of fused-ring (bicyclic) bond motifs is 3. The van der Waals surface area contributed by atoms with E-state index in [0.29, 0.717) is 21.9 Å². The highest BCUT2D eigenvalue weighted by Gasteiger charge is 2.34. The highest BCUT2D eigenvalue weighted by atomic mass is 35.5. The van der Waals surface area contributed by atoms with Crippen molar-refractivity contribution in [3.8, 4) is 0 Å². The maximum absolute atomic E-state index is 13.0. The summed E-state index contributed by atoms with van der Waals surface area (Å²) in [5, 5.41) is 8.55. The summed E-state index contributed by atoms with van der Waals surface area (Å²) in [6.45, 7) is 4.05. The van der Waals surface area contributed by atoms with E-state index < -0.39 is 22.1 Å². The van der Waals surface area contributed by atoms with Crippen LogP contribution in [0.1, 0.15) is 43.5 Å². The first-order chi connectivity index (χ1) is 13.3. The molecule has 0 unspecified atom stereocenters. The van der Waals surface area contributed by atoms with Gasteiger partial charge in [-0.2, -0.15) is 0 Å². The second-order valence-electron chi connectivity index (χ2n) is 6.85. The Kier molecular flexibility index (Phi) is 5.64. The summed E-state index contributed by atoms with van der Waals surface area (Å²) in [6, 6.07) is 1.70. The van der Waals surface area contributed by atoms with Crippen molar-refractivity contribution in [3.63, 3.8) is 0 Å². The molecule has 28 heavy (non-hydrogen) atoms. The third-order valence-corrected chi connectivity index (χ3v) is 6.19. The van der Waals surface area contributed by atoms with Crippen molar-refractivity contribution in [1.29, 1.82) is 0 Å². The second-order valence-corrected chi connectivity index (χ2v) is 8.98. The van der Waals surface area contributed by atoms with Gasteiger partial charge >= 0.3 is 0 Å². The van der Waals surface area contributed by atoms with Gasteiger partial charge in [-0.15, -0.1) is 0 Å². The maximum Gasteiger partial charge on any atom is 0.241 e. The second kappa shape index (κ2) is 7.83. The Morgan fingerprint density at radius 3 is 2.57 bits per heavy atom. The lowest BCUT2D eigenvalue weighted by Gasteiger charge is -2.16. The number of pyridine rings is 1. The predicted molar refractivity (Wildman–Crippen MR) is 105 cm³/mol. The van der Waals surface area contributed by atoms with E-state index in [1.165, 1.54) is 18.3 Å². The third-order valence-electron chi connectivity index (χ3n) is 4.52. The first kappa shape index (κ1) is 20.2. The van der Waals surface area contributed by atoms with E-state index in [1.54, 1.807) is 0 Å². The van der Waals surface area contributed by atoms with Crippen molar-refractivity contribution in [2.24, 2.45) is 16.1 Å². The van der Waals surface area contributed by atoms with Crippen molar-refractivity contribution < 1.29 is 8.42 Å². The molecule has 1 heterocycles. The van der Waals surface area contributed by atoms with Crippen molar-refractivity contribution >= 4 is 32.4 Å². The molecule has 0 spiro atoms. The minimum Gasteiger partial charge on any atom is -0.244 e. The lowest BCUT2D eigenvalue weighted by molar-refractivity contribution is 0.560. The van der Waals surface area contributed by atoms with Gasteiger partial charge in [0.15, 0.2) is 0 Å². The monoisotopic (exact) mass is 420 g/mol. The molecular formula is C16H17ClN8O2S. The number of hydrogen-bond acceptors (Lipinski definition) is 5. The molecule has 0 fully saturated rings. The Hall–Kier alpha value is -2.55. The third kappa shape index (κ3) is 3.71. The summed E-state index contributed by atoms with van der Waals surface area (Å²) < 4.78 is 28.5. The van der Waals surface area contributed by atoms with Crippen LogP contribution in [0.2, 0.25) is 5.15 Å². The SMILES string of the molecule is CC(C)CNS(=O)(=O)c1cc2c(c3cnc(Cl)cc13)[C@@H](N=[N+]=[N-])C[C@H]2N=[N+]=[N-]. The van der Waals surface area contributed by atoms with Crippen LogP contribution >= 0.6 is 11.6 Å². The zero-order valence-electron chi connectivity index (χ0n) is 15.1. The van der Waals surface area contributed by atoms with E-state index in [4.69, 9.17) is 22.7 Å². The molecule has 146 valence electrons. The first-order valence-corrected chi connectivity index (χ1v) is 10.3. The van der Waals surface area contributed by atoms with E-state index in [1.807, 2.05) is 13.8 Å². The normalized spacial score (nSPS) is 18.6. The van der Waals surface area contributed by atoms with Crippen LogP contribution in [0.25, 0.3) is 31.7 Å².